The second kappa shape index (κ2) is 14.8. The van der Waals surface area contributed by atoms with E-state index < -0.39 is 12.1 Å². The van der Waals surface area contributed by atoms with Crippen LogP contribution in [0.3, 0.4) is 0 Å². The van der Waals surface area contributed by atoms with Gasteiger partial charge in [-0.05, 0) is 104 Å². The molecule has 5 rings (SSSR count). The van der Waals surface area contributed by atoms with Crippen LogP contribution in [0, 0.1) is 5.92 Å². The van der Waals surface area contributed by atoms with Crippen molar-refractivity contribution in [1.82, 2.24) is 4.90 Å². The molecule has 0 bridgehead atoms. The van der Waals surface area contributed by atoms with E-state index in [9.17, 15) is 14.7 Å². The minimum Gasteiger partial charge on any atom is -0.489 e. The molecule has 1 heterocycles. The van der Waals surface area contributed by atoms with E-state index in [2.05, 4.69) is 23.1 Å². The third kappa shape index (κ3) is 8.50. The van der Waals surface area contributed by atoms with Gasteiger partial charge < -0.3 is 14.6 Å². The molecule has 8 heteroatoms. The number of hydrogen-bond donors (Lipinski definition) is 1. The molecule has 0 radical (unpaired) electrons. The van der Waals surface area contributed by atoms with E-state index in [1.807, 2.05) is 54.6 Å². The number of hydrogen-bond acceptors (Lipinski definition) is 6. The first-order valence-corrected chi connectivity index (χ1v) is 15.1. The van der Waals surface area contributed by atoms with Crippen LogP contribution < -0.4 is 9.04 Å². The van der Waals surface area contributed by atoms with Crippen molar-refractivity contribution in [3.8, 4) is 5.75 Å². The topological polar surface area (TPSA) is 79.3 Å². The number of carboxylic acids is 1. The molecule has 218 valence electrons. The van der Waals surface area contributed by atoms with Crippen LogP contribution in [0.25, 0.3) is 0 Å². The Balaban J connectivity index is 1.20. The van der Waals surface area contributed by atoms with E-state index >= 15 is 0 Å². The largest absolute Gasteiger partial charge is 0.489 e. The number of carbonyl (C=O) groups excluding carboxylic acids is 1. The van der Waals surface area contributed by atoms with Gasteiger partial charge in [-0.1, -0.05) is 54.6 Å². The van der Waals surface area contributed by atoms with Gasteiger partial charge >= 0.3 is 12.1 Å². The number of nitrogens with zero attached hydrogens (tertiary/aromatic N) is 2. The second-order valence-corrected chi connectivity index (χ2v) is 11.6. The van der Waals surface area contributed by atoms with Crippen LogP contribution >= 0.6 is 11.9 Å². The fraction of sp³-hybridized carbons (Fsp3) is 0.294. The van der Waals surface area contributed by atoms with Gasteiger partial charge in [0, 0.05) is 17.5 Å². The van der Waals surface area contributed by atoms with E-state index in [0.717, 1.165) is 55.8 Å². The van der Waals surface area contributed by atoms with Crippen molar-refractivity contribution in [2.24, 2.45) is 5.92 Å². The van der Waals surface area contributed by atoms with Gasteiger partial charge in [-0.25, -0.2) is 13.9 Å². The predicted octanol–water partition coefficient (Wildman–Crippen LogP) is 7.60. The lowest BCUT2D eigenvalue weighted by atomic mass is 9.97. The number of likely N-dealkylation sites (tertiary alicyclic amines) is 1. The molecule has 2 aliphatic rings. The van der Waals surface area contributed by atoms with Crippen molar-refractivity contribution in [2.75, 3.05) is 30.5 Å². The van der Waals surface area contributed by atoms with Gasteiger partial charge in [0.15, 0.2) is 0 Å². The molecule has 3 aromatic carbocycles. The summed E-state index contributed by atoms with van der Waals surface area (Å²) in [7, 11) is 0. The fourth-order valence-electron chi connectivity index (χ4n) is 5.04. The first-order valence-electron chi connectivity index (χ1n) is 14.4. The van der Waals surface area contributed by atoms with E-state index in [-0.39, 0.29) is 12.2 Å². The van der Waals surface area contributed by atoms with Gasteiger partial charge in [-0.2, -0.15) is 0 Å². The van der Waals surface area contributed by atoms with E-state index in [1.54, 1.807) is 28.6 Å². The van der Waals surface area contributed by atoms with E-state index in [0.29, 0.717) is 24.0 Å². The van der Waals surface area contributed by atoms with Crippen molar-refractivity contribution in [3.63, 3.8) is 0 Å². The average molecular weight is 585 g/mol. The summed E-state index contributed by atoms with van der Waals surface area (Å²) in [5.74, 6) is -0.0816. The molecule has 0 atom stereocenters. The molecule has 1 saturated heterocycles. The number of carboxylic acid groups (broad SMARTS) is 1. The Labute approximate surface area is 251 Å². The molecular weight excluding hydrogens is 548 g/mol. The zero-order valence-corrected chi connectivity index (χ0v) is 24.4. The smallest absolute Gasteiger partial charge is 0.424 e. The van der Waals surface area contributed by atoms with Gasteiger partial charge in [0.05, 0.1) is 17.9 Å². The Kier molecular flexibility index (Phi) is 10.4. The molecule has 0 unspecified atom stereocenters. The normalized spacial score (nSPS) is 15.6. The maximum Gasteiger partial charge on any atom is 0.424 e. The molecule has 7 nitrogen and oxygen atoms in total. The lowest BCUT2D eigenvalue weighted by molar-refractivity contribution is 0.0696. The monoisotopic (exact) mass is 584 g/mol. The van der Waals surface area contributed by atoms with Crippen LogP contribution in [0.15, 0.2) is 108 Å². The highest BCUT2D eigenvalue weighted by molar-refractivity contribution is 8.01. The summed E-state index contributed by atoms with van der Waals surface area (Å²) < 4.78 is 13.4. The molecule has 3 aromatic rings. The summed E-state index contributed by atoms with van der Waals surface area (Å²) in [5.41, 5.74) is 2.99. The van der Waals surface area contributed by atoms with Crippen molar-refractivity contribution in [1.29, 1.82) is 0 Å². The molecule has 1 amide bonds. The van der Waals surface area contributed by atoms with Gasteiger partial charge in [-0.15, -0.1) is 0 Å². The Morgan fingerprint density at radius 2 is 1.76 bits per heavy atom. The molecule has 1 aliphatic heterocycles. The highest BCUT2D eigenvalue weighted by Gasteiger charge is 2.24. The van der Waals surface area contributed by atoms with Crippen molar-refractivity contribution >= 4 is 29.7 Å². The summed E-state index contributed by atoms with van der Waals surface area (Å²) >= 11 is 1.30. The fourth-order valence-corrected chi connectivity index (χ4v) is 5.88. The van der Waals surface area contributed by atoms with E-state index in [4.69, 9.17) is 9.47 Å². The van der Waals surface area contributed by atoms with Crippen LogP contribution in [0.4, 0.5) is 10.5 Å². The standard InChI is InChI=1S/C34H36N2O5S/c37-33(38)29-12-7-11-28(21-29)25-40-31-14-8-13-30(22-31)36(42-32-15-5-2-6-16-32)34(39)41-24-27-17-19-35(20-18-27)23-26-9-3-1-4-10-26/h2-3,5-16,21-22,27H,1,4,17-20,23-25H2,(H,37,38). The summed E-state index contributed by atoms with van der Waals surface area (Å²) in [6, 6.07) is 23.7. The minimum absolute atomic E-state index is 0.202. The Morgan fingerprint density at radius 1 is 0.952 bits per heavy atom. The van der Waals surface area contributed by atoms with Gasteiger partial charge in [0.25, 0.3) is 0 Å². The summed E-state index contributed by atoms with van der Waals surface area (Å²) in [6.45, 7) is 3.59. The third-order valence-electron chi connectivity index (χ3n) is 7.36. The highest BCUT2D eigenvalue weighted by Crippen LogP contribution is 2.32. The van der Waals surface area contributed by atoms with Gasteiger partial charge in [0.2, 0.25) is 0 Å². The quantitative estimate of drug-likeness (QED) is 0.233. The lowest BCUT2D eigenvalue weighted by Crippen LogP contribution is -2.37. The molecule has 0 aromatic heterocycles. The van der Waals surface area contributed by atoms with Crippen molar-refractivity contribution < 1.29 is 24.2 Å². The minimum atomic E-state index is -0.981. The second-order valence-electron chi connectivity index (χ2n) is 10.5. The first-order chi connectivity index (χ1) is 20.5. The lowest BCUT2D eigenvalue weighted by Gasteiger charge is -2.32. The van der Waals surface area contributed by atoms with Crippen LogP contribution in [0.2, 0.25) is 0 Å². The first kappa shape index (κ1) is 29.5. The maximum absolute atomic E-state index is 13.5. The Hall–Kier alpha value is -4.01. The van der Waals surface area contributed by atoms with Crippen LogP contribution in [-0.2, 0) is 11.3 Å². The number of benzene rings is 3. The van der Waals surface area contributed by atoms with Crippen molar-refractivity contribution in [2.45, 2.75) is 37.2 Å². The number of carbonyl (C=O) groups is 2. The maximum atomic E-state index is 13.5. The number of amides is 1. The number of anilines is 1. The Bertz CT molecular complexity index is 1420. The highest BCUT2D eigenvalue weighted by atomic mass is 32.2. The summed E-state index contributed by atoms with van der Waals surface area (Å²) in [5, 5.41) is 9.27. The molecule has 0 spiro atoms. The molecule has 42 heavy (non-hydrogen) atoms. The van der Waals surface area contributed by atoms with Crippen LogP contribution in [-0.4, -0.2) is 48.3 Å². The number of piperidine rings is 1. The van der Waals surface area contributed by atoms with Gasteiger partial charge in [0.1, 0.15) is 12.4 Å². The SMILES string of the molecule is O=C(O)c1cccc(COc2cccc(N(Sc3ccccc3)C(=O)OCC3CCN(CC4=CCCC=C4)CC3)c2)c1. The number of aromatic carboxylic acids is 1. The summed E-state index contributed by atoms with van der Waals surface area (Å²) in [4.78, 5) is 28.2. The zero-order valence-electron chi connectivity index (χ0n) is 23.6. The average Bonchev–Trinajstić information content (AvgIpc) is 3.03. The van der Waals surface area contributed by atoms with Gasteiger partial charge in [-0.3, -0.25) is 4.90 Å². The van der Waals surface area contributed by atoms with Crippen molar-refractivity contribution in [3.05, 3.63) is 114 Å². The molecule has 1 N–H and O–H groups in total. The van der Waals surface area contributed by atoms with Crippen LogP contribution in [0.1, 0.15) is 41.6 Å². The molecule has 0 saturated carbocycles. The number of ether oxygens (including phenoxy) is 2. The van der Waals surface area contributed by atoms with Crippen LogP contribution in [0.5, 0.6) is 5.75 Å². The molecular formula is C34H36N2O5S. The number of allylic oxidation sites excluding steroid dienone is 2. The summed E-state index contributed by atoms with van der Waals surface area (Å²) in [6.07, 6.45) is 10.7. The molecule has 1 fully saturated rings. The zero-order chi connectivity index (χ0) is 29.1. The Morgan fingerprint density at radius 3 is 2.52 bits per heavy atom. The molecule has 1 aliphatic carbocycles. The number of rotatable bonds is 11. The van der Waals surface area contributed by atoms with E-state index in [1.165, 1.54) is 17.5 Å². The predicted molar refractivity (Wildman–Crippen MR) is 166 cm³/mol. The third-order valence-corrected chi connectivity index (χ3v) is 8.39.